The van der Waals surface area contributed by atoms with E-state index in [0.29, 0.717) is 13.2 Å². The lowest BCUT2D eigenvalue weighted by molar-refractivity contribution is 0.184. The van der Waals surface area contributed by atoms with Crippen LogP contribution >= 0.6 is 22.7 Å². The van der Waals surface area contributed by atoms with E-state index in [1.54, 1.807) is 36.9 Å². The van der Waals surface area contributed by atoms with Gasteiger partial charge in [-0.1, -0.05) is 0 Å². The first kappa shape index (κ1) is 13.4. The van der Waals surface area contributed by atoms with Gasteiger partial charge in [0.2, 0.25) is 0 Å². The Bertz CT molecular complexity index is 484. The van der Waals surface area contributed by atoms with E-state index in [9.17, 15) is 0 Å². The lowest BCUT2D eigenvalue weighted by atomic mass is 10.4. The van der Waals surface area contributed by atoms with Crippen LogP contribution in [0.15, 0.2) is 10.8 Å². The summed E-state index contributed by atoms with van der Waals surface area (Å²) in [5.41, 5.74) is 1.81. The average molecular weight is 285 g/mol. The maximum absolute atomic E-state index is 5.05. The van der Waals surface area contributed by atoms with Crippen molar-refractivity contribution in [3.05, 3.63) is 15.8 Å². The summed E-state index contributed by atoms with van der Waals surface area (Å²) >= 11 is 3.16. The Morgan fingerprint density at radius 1 is 1.11 bits per heavy atom. The monoisotopic (exact) mass is 285 g/mol. The van der Waals surface area contributed by atoms with Crippen LogP contribution in [0.4, 0.5) is 5.13 Å². The summed E-state index contributed by atoms with van der Waals surface area (Å²) in [5.74, 6) is 0. The normalized spacial score (nSPS) is 10.8. The highest BCUT2D eigenvalue weighted by atomic mass is 32.1. The second-order valence-electron chi connectivity index (χ2n) is 3.52. The molecule has 2 aromatic heterocycles. The van der Waals surface area contributed by atoms with Crippen LogP contribution in [0.25, 0.3) is 11.4 Å². The van der Waals surface area contributed by atoms with Gasteiger partial charge in [-0.25, -0.2) is 9.97 Å². The van der Waals surface area contributed by atoms with Gasteiger partial charge in [0.15, 0.2) is 5.13 Å². The molecule has 0 aliphatic carbocycles. The molecule has 2 aromatic rings. The van der Waals surface area contributed by atoms with Crippen LogP contribution in [-0.2, 0) is 16.1 Å². The van der Waals surface area contributed by atoms with Crippen molar-refractivity contribution in [1.29, 1.82) is 0 Å². The molecule has 0 saturated heterocycles. The minimum atomic E-state index is 0.549. The number of ether oxygens (including phenoxy) is 2. The molecule has 2 heterocycles. The van der Waals surface area contributed by atoms with Crippen LogP contribution in [-0.4, -0.2) is 37.3 Å². The van der Waals surface area contributed by atoms with Crippen molar-refractivity contribution in [3.8, 4) is 11.4 Å². The molecule has 0 unspecified atom stereocenters. The number of thiazole rings is 2. The Labute approximate surface area is 114 Å². The van der Waals surface area contributed by atoms with E-state index < -0.39 is 0 Å². The van der Waals surface area contributed by atoms with E-state index in [1.807, 2.05) is 10.8 Å². The van der Waals surface area contributed by atoms with Gasteiger partial charge in [0.05, 0.1) is 13.2 Å². The van der Waals surface area contributed by atoms with Crippen LogP contribution in [0.2, 0.25) is 0 Å². The van der Waals surface area contributed by atoms with Crippen LogP contribution in [0, 0.1) is 0 Å². The lowest BCUT2D eigenvalue weighted by Gasteiger charge is -1.99. The topological polar surface area (TPSA) is 56.3 Å². The summed E-state index contributed by atoms with van der Waals surface area (Å²) in [6.07, 6.45) is 0. The van der Waals surface area contributed by atoms with E-state index in [4.69, 9.17) is 9.47 Å². The molecule has 5 nitrogen and oxygen atoms in total. The van der Waals surface area contributed by atoms with E-state index in [0.717, 1.165) is 28.1 Å². The molecule has 18 heavy (non-hydrogen) atoms. The first-order valence-corrected chi connectivity index (χ1v) is 7.21. The minimum Gasteiger partial charge on any atom is -0.383 e. The van der Waals surface area contributed by atoms with Gasteiger partial charge in [-0.2, -0.15) is 0 Å². The first-order valence-electron chi connectivity index (χ1n) is 5.45. The van der Waals surface area contributed by atoms with E-state index in [1.165, 1.54) is 0 Å². The van der Waals surface area contributed by atoms with Crippen LogP contribution < -0.4 is 5.32 Å². The Kier molecular flexibility index (Phi) is 5.06. The van der Waals surface area contributed by atoms with Crippen molar-refractivity contribution in [2.75, 3.05) is 32.7 Å². The highest BCUT2D eigenvalue weighted by Crippen LogP contribution is 2.26. The van der Waals surface area contributed by atoms with Crippen LogP contribution in [0.1, 0.15) is 5.01 Å². The average Bonchev–Trinajstić information content (AvgIpc) is 2.98. The van der Waals surface area contributed by atoms with Crippen LogP contribution in [0.5, 0.6) is 0 Å². The zero-order chi connectivity index (χ0) is 12.8. The number of methoxy groups -OCH3 is 2. The molecule has 0 spiro atoms. The molecule has 98 valence electrons. The van der Waals surface area contributed by atoms with Crippen molar-refractivity contribution in [3.63, 3.8) is 0 Å². The Hall–Kier alpha value is -1.02. The number of rotatable bonds is 7. The van der Waals surface area contributed by atoms with Gasteiger partial charge in [-0.05, 0) is 0 Å². The molecule has 0 radical (unpaired) electrons. The van der Waals surface area contributed by atoms with E-state index in [2.05, 4.69) is 15.3 Å². The Morgan fingerprint density at radius 3 is 2.67 bits per heavy atom. The summed E-state index contributed by atoms with van der Waals surface area (Å²) in [7, 11) is 3.35. The zero-order valence-electron chi connectivity index (χ0n) is 10.3. The van der Waals surface area contributed by atoms with Crippen molar-refractivity contribution in [1.82, 2.24) is 9.97 Å². The zero-order valence-corrected chi connectivity index (χ0v) is 11.9. The molecule has 0 saturated carbocycles. The molecule has 0 amide bonds. The second kappa shape index (κ2) is 6.79. The summed E-state index contributed by atoms with van der Waals surface area (Å²) in [5, 5.41) is 9.06. The molecule has 0 bridgehead atoms. The number of nitrogens with one attached hydrogen (secondary N) is 1. The molecule has 0 fully saturated rings. The van der Waals surface area contributed by atoms with Gasteiger partial charge in [-0.15, -0.1) is 22.7 Å². The van der Waals surface area contributed by atoms with Crippen molar-refractivity contribution >= 4 is 27.8 Å². The van der Waals surface area contributed by atoms with Crippen molar-refractivity contribution in [2.24, 2.45) is 0 Å². The van der Waals surface area contributed by atoms with Crippen LogP contribution in [0.3, 0.4) is 0 Å². The molecule has 0 atom stereocenters. The number of nitrogens with zero attached hydrogens (tertiary/aromatic N) is 2. The van der Waals surface area contributed by atoms with Crippen molar-refractivity contribution in [2.45, 2.75) is 6.61 Å². The summed E-state index contributed by atoms with van der Waals surface area (Å²) in [4.78, 5) is 8.95. The standard InChI is InChI=1S/C11H15N3O2S2/c1-15-4-3-12-11-14-9(7-18-11)8-6-17-10(13-8)5-16-2/h6-7H,3-5H2,1-2H3,(H,12,14). The minimum absolute atomic E-state index is 0.549. The largest absolute Gasteiger partial charge is 0.383 e. The molecule has 0 aromatic carbocycles. The molecule has 0 aliphatic heterocycles. The van der Waals surface area contributed by atoms with E-state index in [-0.39, 0.29) is 0 Å². The maximum atomic E-state index is 5.05. The molecule has 2 rings (SSSR count). The first-order chi connectivity index (χ1) is 8.83. The third-order valence-corrected chi connectivity index (χ3v) is 3.79. The third kappa shape index (κ3) is 3.49. The van der Waals surface area contributed by atoms with E-state index >= 15 is 0 Å². The summed E-state index contributed by atoms with van der Waals surface area (Å²) < 4.78 is 10.0. The smallest absolute Gasteiger partial charge is 0.183 e. The van der Waals surface area contributed by atoms with Gasteiger partial charge < -0.3 is 14.8 Å². The predicted octanol–water partition coefficient (Wildman–Crippen LogP) is 2.47. The van der Waals surface area contributed by atoms with Gasteiger partial charge in [0.25, 0.3) is 0 Å². The lowest BCUT2D eigenvalue weighted by Crippen LogP contribution is -2.07. The molecule has 1 N–H and O–H groups in total. The molecular formula is C11H15N3O2S2. The van der Waals surface area contributed by atoms with Gasteiger partial charge in [0, 0.05) is 31.5 Å². The fourth-order valence-corrected chi connectivity index (χ4v) is 2.84. The number of anilines is 1. The predicted molar refractivity (Wildman–Crippen MR) is 74.3 cm³/mol. The quantitative estimate of drug-likeness (QED) is 0.792. The number of hydrogen-bond acceptors (Lipinski definition) is 7. The fourth-order valence-electron chi connectivity index (χ4n) is 1.35. The van der Waals surface area contributed by atoms with Gasteiger partial charge >= 0.3 is 0 Å². The number of hydrogen-bond donors (Lipinski definition) is 1. The third-order valence-electron chi connectivity index (χ3n) is 2.17. The Balaban J connectivity index is 1.99. The molecule has 0 aliphatic rings. The van der Waals surface area contributed by atoms with Gasteiger partial charge in [0.1, 0.15) is 16.4 Å². The molecule has 7 heteroatoms. The van der Waals surface area contributed by atoms with Gasteiger partial charge in [-0.3, -0.25) is 0 Å². The van der Waals surface area contributed by atoms with Crippen molar-refractivity contribution < 1.29 is 9.47 Å². The SMILES string of the molecule is COCCNc1nc(-c2csc(COC)n2)cs1. The summed E-state index contributed by atoms with van der Waals surface area (Å²) in [6.45, 7) is 1.98. The highest BCUT2D eigenvalue weighted by molar-refractivity contribution is 7.14. The highest BCUT2D eigenvalue weighted by Gasteiger charge is 2.08. The Morgan fingerprint density at radius 2 is 1.89 bits per heavy atom. The second-order valence-corrected chi connectivity index (χ2v) is 5.32. The maximum Gasteiger partial charge on any atom is 0.183 e. The molecular weight excluding hydrogens is 270 g/mol. The fraction of sp³-hybridized carbons (Fsp3) is 0.455. The number of aromatic nitrogens is 2. The summed E-state index contributed by atoms with van der Waals surface area (Å²) in [6, 6.07) is 0.